The van der Waals surface area contributed by atoms with Crippen LogP contribution in [-0.2, 0) is 4.79 Å². The molecule has 0 fully saturated rings. The molecule has 160 valence electrons. The van der Waals surface area contributed by atoms with E-state index in [4.69, 9.17) is 0 Å². The highest BCUT2D eigenvalue weighted by atomic mass is 16.3. The number of carbonyl (C=O) groups excluding carboxylic acids is 1. The van der Waals surface area contributed by atoms with Gasteiger partial charge in [-0.1, -0.05) is 97.1 Å². The normalized spacial score (nSPS) is 15.0. The Bertz CT molecular complexity index is 371. The Labute approximate surface area is 167 Å². The van der Waals surface area contributed by atoms with Crippen LogP contribution in [0.2, 0.25) is 0 Å². The smallest absolute Gasteiger partial charge is 0.249 e. The summed E-state index contributed by atoms with van der Waals surface area (Å²) in [4.78, 5) is 11.7. The Morgan fingerprint density at radius 3 is 1.81 bits per heavy atom. The number of rotatable bonds is 18. The second-order valence-electron chi connectivity index (χ2n) is 7.69. The molecule has 0 bridgehead atoms. The van der Waals surface area contributed by atoms with Crippen LogP contribution in [0.5, 0.6) is 0 Å². The fourth-order valence-electron chi connectivity index (χ4n) is 3.19. The number of carbonyl (C=O) groups is 1. The first-order chi connectivity index (χ1) is 13.1. The van der Waals surface area contributed by atoms with E-state index in [1.54, 1.807) is 13.0 Å². The number of aliphatic hydroxyl groups is 2. The molecule has 1 amide bonds. The number of unbranched alkanes of at least 4 members (excludes halogenated alkanes) is 11. The van der Waals surface area contributed by atoms with Crippen LogP contribution in [0.25, 0.3) is 0 Å². The summed E-state index contributed by atoms with van der Waals surface area (Å²) in [6.07, 6.45) is 18.8. The fourth-order valence-corrected chi connectivity index (χ4v) is 3.19. The molecule has 0 radical (unpaired) electrons. The summed E-state index contributed by atoms with van der Waals surface area (Å²) >= 11 is 0. The van der Waals surface area contributed by atoms with Crippen LogP contribution in [0.15, 0.2) is 12.2 Å². The molecule has 0 heterocycles. The van der Waals surface area contributed by atoms with Gasteiger partial charge in [0.25, 0.3) is 0 Å². The Morgan fingerprint density at radius 2 is 1.33 bits per heavy atom. The Balaban J connectivity index is 3.69. The fraction of sp³-hybridized carbons (Fsp3) is 0.870. The maximum Gasteiger partial charge on any atom is 0.249 e. The first-order valence-corrected chi connectivity index (χ1v) is 11.4. The molecule has 3 N–H and O–H groups in total. The third kappa shape index (κ3) is 14.8. The largest absolute Gasteiger partial charge is 0.387 e. The van der Waals surface area contributed by atoms with Crippen molar-refractivity contribution in [1.29, 1.82) is 0 Å². The van der Waals surface area contributed by atoms with E-state index in [0.717, 1.165) is 12.8 Å². The van der Waals surface area contributed by atoms with E-state index < -0.39 is 18.1 Å². The van der Waals surface area contributed by atoms with Crippen molar-refractivity contribution < 1.29 is 15.0 Å². The zero-order chi connectivity index (χ0) is 20.3. The Morgan fingerprint density at radius 1 is 0.815 bits per heavy atom. The molecular weight excluding hydrogens is 338 g/mol. The molecule has 3 atom stereocenters. The van der Waals surface area contributed by atoms with Gasteiger partial charge in [0, 0.05) is 0 Å². The lowest BCUT2D eigenvalue weighted by Gasteiger charge is -2.22. The first-order valence-electron chi connectivity index (χ1n) is 11.4. The summed E-state index contributed by atoms with van der Waals surface area (Å²) in [7, 11) is 0. The third-order valence-corrected chi connectivity index (χ3v) is 5.18. The molecule has 0 spiro atoms. The van der Waals surface area contributed by atoms with Crippen LogP contribution < -0.4 is 5.32 Å². The van der Waals surface area contributed by atoms with Crippen LogP contribution in [0, 0.1) is 0 Å². The van der Waals surface area contributed by atoms with Crippen LogP contribution >= 0.6 is 0 Å². The molecule has 0 aromatic rings. The van der Waals surface area contributed by atoms with Gasteiger partial charge in [0.2, 0.25) is 5.91 Å². The van der Waals surface area contributed by atoms with Gasteiger partial charge in [-0.2, -0.15) is 0 Å². The van der Waals surface area contributed by atoms with Crippen molar-refractivity contribution in [3.8, 4) is 0 Å². The maximum atomic E-state index is 11.7. The zero-order valence-electron chi connectivity index (χ0n) is 18.1. The molecule has 0 saturated carbocycles. The lowest BCUT2D eigenvalue weighted by atomic mass is 10.0. The summed E-state index contributed by atoms with van der Waals surface area (Å²) in [5.74, 6) is -0.401. The number of hydrogen-bond acceptors (Lipinski definition) is 3. The van der Waals surface area contributed by atoms with E-state index in [-0.39, 0.29) is 6.04 Å². The van der Waals surface area contributed by atoms with Gasteiger partial charge in [-0.15, -0.1) is 0 Å². The third-order valence-electron chi connectivity index (χ3n) is 5.18. The summed E-state index contributed by atoms with van der Waals surface area (Å²) in [6, 6.07) is -0.340. The van der Waals surface area contributed by atoms with E-state index >= 15 is 0 Å². The topological polar surface area (TPSA) is 69.6 Å². The van der Waals surface area contributed by atoms with E-state index in [1.807, 2.05) is 13.0 Å². The molecule has 3 unspecified atom stereocenters. The second-order valence-corrected chi connectivity index (χ2v) is 7.69. The lowest BCUT2D eigenvalue weighted by molar-refractivity contribution is -0.130. The highest BCUT2D eigenvalue weighted by molar-refractivity contribution is 5.80. The Hall–Kier alpha value is -0.870. The summed E-state index contributed by atoms with van der Waals surface area (Å²) < 4.78 is 0. The van der Waals surface area contributed by atoms with Crippen LogP contribution in [-0.4, -0.2) is 34.4 Å². The van der Waals surface area contributed by atoms with Crippen molar-refractivity contribution in [2.75, 3.05) is 0 Å². The molecule has 27 heavy (non-hydrogen) atoms. The van der Waals surface area contributed by atoms with Crippen molar-refractivity contribution in [3.05, 3.63) is 12.2 Å². The van der Waals surface area contributed by atoms with Gasteiger partial charge in [-0.3, -0.25) is 4.79 Å². The zero-order valence-corrected chi connectivity index (χ0v) is 18.1. The number of amides is 1. The predicted molar refractivity (Wildman–Crippen MR) is 115 cm³/mol. The Kier molecular flexibility index (Phi) is 17.9. The molecule has 4 nitrogen and oxygen atoms in total. The number of nitrogens with one attached hydrogen (secondary N) is 1. The molecule has 0 aliphatic heterocycles. The minimum atomic E-state index is -0.994. The SMILES string of the molecule is CCCCCCCCCCCCC/C=C/C(O)C(CC)NC(=O)C(O)CC. The molecule has 0 aliphatic rings. The second kappa shape index (κ2) is 18.5. The monoisotopic (exact) mass is 383 g/mol. The van der Waals surface area contributed by atoms with Gasteiger partial charge >= 0.3 is 0 Å². The van der Waals surface area contributed by atoms with Gasteiger partial charge in [0.15, 0.2) is 0 Å². The molecular formula is C23H45NO3. The minimum absolute atomic E-state index is 0.340. The number of aliphatic hydroxyl groups excluding tert-OH is 2. The van der Waals surface area contributed by atoms with Crippen LogP contribution in [0.1, 0.15) is 111 Å². The summed E-state index contributed by atoms with van der Waals surface area (Å²) in [5.41, 5.74) is 0. The maximum absolute atomic E-state index is 11.7. The standard InChI is InChI=1S/C23H45NO3/c1-4-7-8-9-10-11-12-13-14-15-16-17-18-19-22(26)20(5-2)24-23(27)21(25)6-3/h18-22,25-26H,4-17H2,1-3H3,(H,24,27)/b19-18+. The van der Waals surface area contributed by atoms with E-state index in [2.05, 4.69) is 12.2 Å². The molecule has 4 heteroatoms. The molecule has 0 saturated heterocycles. The summed E-state index contributed by atoms with van der Waals surface area (Å²) in [5, 5.41) is 22.5. The van der Waals surface area contributed by atoms with Crippen LogP contribution in [0.3, 0.4) is 0 Å². The average Bonchev–Trinajstić information content (AvgIpc) is 2.68. The molecule has 0 aromatic carbocycles. The van der Waals surface area contributed by atoms with Gasteiger partial charge in [-0.05, 0) is 25.7 Å². The number of hydrogen-bond donors (Lipinski definition) is 3. The van der Waals surface area contributed by atoms with Crippen molar-refractivity contribution in [2.45, 2.75) is 129 Å². The first kappa shape index (κ1) is 26.1. The predicted octanol–water partition coefficient (Wildman–Crippen LogP) is 5.27. The minimum Gasteiger partial charge on any atom is -0.387 e. The molecule has 0 aromatic heterocycles. The van der Waals surface area contributed by atoms with Gasteiger partial charge in [0.05, 0.1) is 12.1 Å². The highest BCUT2D eigenvalue weighted by Gasteiger charge is 2.20. The van der Waals surface area contributed by atoms with Crippen molar-refractivity contribution in [2.24, 2.45) is 0 Å². The van der Waals surface area contributed by atoms with Crippen molar-refractivity contribution in [1.82, 2.24) is 5.32 Å². The molecule has 0 aliphatic carbocycles. The summed E-state index contributed by atoms with van der Waals surface area (Å²) in [6.45, 7) is 5.94. The average molecular weight is 384 g/mol. The van der Waals surface area contributed by atoms with Crippen molar-refractivity contribution >= 4 is 5.91 Å². The quantitative estimate of drug-likeness (QED) is 0.223. The number of allylic oxidation sites excluding steroid dienone is 1. The van der Waals surface area contributed by atoms with E-state index in [9.17, 15) is 15.0 Å². The lowest BCUT2D eigenvalue weighted by Crippen LogP contribution is -2.46. The molecule has 0 rings (SSSR count). The van der Waals surface area contributed by atoms with E-state index in [1.165, 1.54) is 64.2 Å². The van der Waals surface area contributed by atoms with E-state index in [0.29, 0.717) is 12.8 Å². The highest BCUT2D eigenvalue weighted by Crippen LogP contribution is 2.12. The van der Waals surface area contributed by atoms with Gasteiger partial charge in [-0.25, -0.2) is 0 Å². The van der Waals surface area contributed by atoms with Crippen LogP contribution in [0.4, 0.5) is 0 Å². The van der Waals surface area contributed by atoms with Gasteiger partial charge < -0.3 is 15.5 Å². The van der Waals surface area contributed by atoms with Gasteiger partial charge in [0.1, 0.15) is 6.10 Å². The van der Waals surface area contributed by atoms with Crippen molar-refractivity contribution in [3.63, 3.8) is 0 Å².